The summed E-state index contributed by atoms with van der Waals surface area (Å²) in [5.74, 6) is -1.43. The summed E-state index contributed by atoms with van der Waals surface area (Å²) in [5.41, 5.74) is 4.11. The van der Waals surface area contributed by atoms with Gasteiger partial charge in [-0.2, -0.15) is 13.2 Å². The van der Waals surface area contributed by atoms with Crippen LogP contribution in [0.1, 0.15) is 63.1 Å². The zero-order valence-electron chi connectivity index (χ0n) is 14.8. The Kier molecular flexibility index (Phi) is 9.32. The van der Waals surface area contributed by atoms with Crippen LogP contribution in [-0.2, 0) is 12.6 Å². The van der Waals surface area contributed by atoms with Gasteiger partial charge in [0.25, 0.3) is 0 Å². The molecule has 25 heavy (non-hydrogen) atoms. The molecule has 2 nitrogen and oxygen atoms in total. The van der Waals surface area contributed by atoms with Crippen LogP contribution in [0.3, 0.4) is 0 Å². The van der Waals surface area contributed by atoms with Crippen LogP contribution in [0, 0.1) is 0 Å². The second-order valence-electron chi connectivity index (χ2n) is 5.50. The normalized spacial score (nSPS) is 12.0. The number of benzene rings is 1. The Morgan fingerprint density at radius 3 is 1.96 bits per heavy atom. The minimum absolute atomic E-state index is 0.0131. The molecule has 0 saturated heterocycles. The first-order valence-electron chi connectivity index (χ1n) is 8.15. The van der Waals surface area contributed by atoms with E-state index in [9.17, 15) is 26.3 Å². The number of alkyl halides is 6. The molecular formula is C17H25F6NO. The predicted molar refractivity (Wildman–Crippen MR) is 85.6 cm³/mol. The number of halogens is 6. The third-order valence-corrected chi connectivity index (χ3v) is 3.28. The number of hydrogen-bond acceptors (Lipinski definition) is 2. The third kappa shape index (κ3) is 7.98. The average Bonchev–Trinajstić information content (AvgIpc) is 2.46. The molecule has 0 atom stereocenters. The van der Waals surface area contributed by atoms with Crippen molar-refractivity contribution in [3.05, 3.63) is 28.8 Å². The molecule has 0 aliphatic heterocycles. The summed E-state index contributed by atoms with van der Waals surface area (Å²) in [4.78, 5) is 0. The summed E-state index contributed by atoms with van der Waals surface area (Å²) in [7, 11) is 0. The van der Waals surface area contributed by atoms with Gasteiger partial charge in [-0.05, 0) is 48.9 Å². The van der Waals surface area contributed by atoms with Crippen LogP contribution in [0.2, 0.25) is 0 Å². The fourth-order valence-corrected chi connectivity index (χ4v) is 2.21. The standard InChI is InChI=1S/C15H19F6NO.C2H6/c1-9(2)11-7-10(5-3-4-6-22)13(14(16,17)18)12(8-11)23-15(19,20)21;1-2/h7-9H,3-6,22H2,1-2H3;1-2H3. The number of rotatable bonds is 6. The molecule has 1 aromatic carbocycles. The van der Waals surface area contributed by atoms with E-state index in [1.807, 2.05) is 13.8 Å². The predicted octanol–water partition coefficient (Wildman–Crippen LogP) is 6.04. The smallest absolute Gasteiger partial charge is 0.405 e. The van der Waals surface area contributed by atoms with E-state index in [4.69, 9.17) is 5.73 Å². The second kappa shape index (κ2) is 9.89. The quantitative estimate of drug-likeness (QED) is 0.488. The van der Waals surface area contributed by atoms with Crippen LogP contribution in [0.4, 0.5) is 26.3 Å². The molecule has 1 rings (SSSR count). The van der Waals surface area contributed by atoms with Gasteiger partial charge >= 0.3 is 12.5 Å². The van der Waals surface area contributed by atoms with E-state index in [0.29, 0.717) is 24.9 Å². The topological polar surface area (TPSA) is 35.2 Å². The molecule has 0 fully saturated rings. The van der Waals surface area contributed by atoms with Crippen molar-refractivity contribution in [2.45, 2.75) is 65.4 Å². The van der Waals surface area contributed by atoms with Crippen molar-refractivity contribution in [3.8, 4) is 5.75 Å². The maximum Gasteiger partial charge on any atom is 0.573 e. The molecule has 0 spiro atoms. The van der Waals surface area contributed by atoms with Gasteiger partial charge in [-0.3, -0.25) is 0 Å². The fraction of sp³-hybridized carbons (Fsp3) is 0.647. The molecule has 0 aliphatic rings. The van der Waals surface area contributed by atoms with Crippen LogP contribution < -0.4 is 10.5 Å². The molecule has 0 aromatic heterocycles. The number of aryl methyl sites for hydroxylation is 1. The molecule has 1 aromatic rings. The van der Waals surface area contributed by atoms with Crippen LogP contribution >= 0.6 is 0 Å². The summed E-state index contributed by atoms with van der Waals surface area (Å²) < 4.78 is 80.8. The van der Waals surface area contributed by atoms with E-state index >= 15 is 0 Å². The van der Waals surface area contributed by atoms with Crippen LogP contribution in [0.25, 0.3) is 0 Å². The molecule has 0 radical (unpaired) electrons. The number of nitrogens with two attached hydrogens (primary N) is 1. The number of hydrogen-bond donors (Lipinski definition) is 1. The largest absolute Gasteiger partial charge is 0.573 e. The van der Waals surface area contributed by atoms with Gasteiger partial charge in [-0.15, -0.1) is 13.2 Å². The van der Waals surface area contributed by atoms with Gasteiger partial charge in [0.2, 0.25) is 0 Å². The summed E-state index contributed by atoms with van der Waals surface area (Å²) in [6.45, 7) is 7.67. The Morgan fingerprint density at radius 1 is 1.00 bits per heavy atom. The highest BCUT2D eigenvalue weighted by Crippen LogP contribution is 2.42. The Balaban J connectivity index is 0.00000277. The lowest BCUT2D eigenvalue weighted by Gasteiger charge is -2.21. The first-order chi connectivity index (χ1) is 11.5. The zero-order valence-corrected chi connectivity index (χ0v) is 14.8. The lowest BCUT2D eigenvalue weighted by molar-refractivity contribution is -0.276. The molecule has 8 heteroatoms. The lowest BCUT2D eigenvalue weighted by atomic mass is 9.93. The first kappa shape index (κ1) is 23.6. The van der Waals surface area contributed by atoms with Gasteiger partial charge in [0.05, 0.1) is 0 Å². The highest BCUT2D eigenvalue weighted by Gasteiger charge is 2.41. The van der Waals surface area contributed by atoms with Crippen molar-refractivity contribution < 1.29 is 31.1 Å². The minimum atomic E-state index is -5.19. The van der Waals surface area contributed by atoms with Crippen LogP contribution in [0.15, 0.2) is 12.1 Å². The van der Waals surface area contributed by atoms with Crippen molar-refractivity contribution in [3.63, 3.8) is 0 Å². The van der Waals surface area contributed by atoms with Gasteiger partial charge in [-0.1, -0.05) is 33.8 Å². The Morgan fingerprint density at radius 2 is 1.56 bits per heavy atom. The maximum atomic E-state index is 13.3. The molecule has 0 bridgehead atoms. The van der Waals surface area contributed by atoms with E-state index in [2.05, 4.69) is 4.74 Å². The Bertz CT molecular complexity index is 523. The summed E-state index contributed by atoms with van der Waals surface area (Å²) in [5, 5.41) is 0. The van der Waals surface area contributed by atoms with Crippen molar-refractivity contribution >= 4 is 0 Å². The highest BCUT2D eigenvalue weighted by atomic mass is 19.4. The third-order valence-electron chi connectivity index (χ3n) is 3.28. The molecule has 0 aliphatic carbocycles. The van der Waals surface area contributed by atoms with Crippen LogP contribution in [0.5, 0.6) is 5.75 Å². The highest BCUT2D eigenvalue weighted by molar-refractivity contribution is 5.47. The maximum absolute atomic E-state index is 13.3. The summed E-state index contributed by atoms with van der Waals surface area (Å²) in [6, 6.07) is 2.11. The van der Waals surface area contributed by atoms with E-state index in [-0.39, 0.29) is 17.9 Å². The summed E-state index contributed by atoms with van der Waals surface area (Å²) in [6.07, 6.45) is -9.30. The van der Waals surface area contributed by atoms with E-state index in [1.165, 1.54) is 6.07 Å². The molecule has 0 amide bonds. The number of unbranched alkanes of at least 4 members (excludes halogenated alkanes) is 1. The van der Waals surface area contributed by atoms with Crippen LogP contribution in [-0.4, -0.2) is 12.9 Å². The van der Waals surface area contributed by atoms with E-state index < -0.39 is 23.9 Å². The van der Waals surface area contributed by atoms with Crippen molar-refractivity contribution in [1.82, 2.24) is 0 Å². The fourth-order valence-electron chi connectivity index (χ4n) is 2.21. The first-order valence-corrected chi connectivity index (χ1v) is 8.15. The molecule has 0 unspecified atom stereocenters. The minimum Gasteiger partial charge on any atom is -0.405 e. The monoisotopic (exact) mass is 373 g/mol. The van der Waals surface area contributed by atoms with Crippen molar-refractivity contribution in [1.29, 1.82) is 0 Å². The SMILES string of the molecule is CC.CC(C)c1cc(CCCCN)c(C(F)(F)F)c(OC(F)(F)F)c1. The molecule has 2 N–H and O–H groups in total. The Labute approximate surface area is 144 Å². The second-order valence-corrected chi connectivity index (χ2v) is 5.50. The molecule has 0 saturated carbocycles. The van der Waals surface area contributed by atoms with Gasteiger partial charge in [0.1, 0.15) is 11.3 Å². The molecule has 0 heterocycles. The van der Waals surface area contributed by atoms with Gasteiger partial charge in [-0.25, -0.2) is 0 Å². The summed E-state index contributed by atoms with van der Waals surface area (Å²) >= 11 is 0. The van der Waals surface area contributed by atoms with Crippen molar-refractivity contribution in [2.24, 2.45) is 5.73 Å². The van der Waals surface area contributed by atoms with E-state index in [1.54, 1.807) is 13.8 Å². The average molecular weight is 373 g/mol. The molecular weight excluding hydrogens is 348 g/mol. The Hall–Kier alpha value is -1.44. The van der Waals surface area contributed by atoms with E-state index in [0.717, 1.165) is 6.07 Å². The number of ether oxygens (including phenoxy) is 1. The zero-order chi connectivity index (χ0) is 19.8. The van der Waals surface area contributed by atoms with Gasteiger partial charge in [0.15, 0.2) is 0 Å². The van der Waals surface area contributed by atoms with Gasteiger partial charge < -0.3 is 10.5 Å². The van der Waals surface area contributed by atoms with Gasteiger partial charge in [0, 0.05) is 0 Å². The molecule has 146 valence electrons. The lowest BCUT2D eigenvalue weighted by Crippen LogP contribution is -2.21. The van der Waals surface area contributed by atoms with Crippen molar-refractivity contribution in [2.75, 3.05) is 6.54 Å².